The van der Waals surface area contributed by atoms with Gasteiger partial charge in [-0.25, -0.2) is 0 Å². The van der Waals surface area contributed by atoms with E-state index in [1.807, 2.05) is 6.07 Å². The van der Waals surface area contributed by atoms with Crippen LogP contribution in [0.5, 0.6) is 0 Å². The van der Waals surface area contributed by atoms with Gasteiger partial charge in [0.25, 0.3) is 0 Å². The van der Waals surface area contributed by atoms with Gasteiger partial charge in [-0.2, -0.15) is 0 Å². The number of thiophene rings is 1. The molecule has 3 heteroatoms. The van der Waals surface area contributed by atoms with Gasteiger partial charge in [-0.05, 0) is 45.4 Å². The number of halogens is 1. The number of hydrogen-bond donors (Lipinski definition) is 1. The lowest BCUT2D eigenvalue weighted by molar-refractivity contribution is 0.575. The van der Waals surface area contributed by atoms with E-state index in [1.165, 1.54) is 14.9 Å². The molecule has 0 aliphatic heterocycles. The zero-order chi connectivity index (χ0) is 11.4. The Morgan fingerprint density at radius 3 is 2.69 bits per heavy atom. The maximum Gasteiger partial charge on any atom is 0.0701 e. The predicted molar refractivity (Wildman–Crippen MR) is 73.7 cm³/mol. The molecule has 0 aliphatic rings. The van der Waals surface area contributed by atoms with E-state index in [2.05, 4.69) is 63.9 Å². The first-order valence-corrected chi connectivity index (χ1v) is 6.94. The second kappa shape index (κ2) is 5.62. The van der Waals surface area contributed by atoms with Gasteiger partial charge in [0.15, 0.2) is 0 Å². The molecule has 1 aromatic carbocycles. The van der Waals surface area contributed by atoms with E-state index in [1.54, 1.807) is 11.3 Å². The monoisotopic (exact) mass is 295 g/mol. The molecular weight excluding hydrogens is 282 g/mol. The number of rotatable bonds is 4. The third kappa shape index (κ3) is 3.17. The highest BCUT2D eigenvalue weighted by Crippen LogP contribution is 2.21. The lowest BCUT2D eigenvalue weighted by Gasteiger charge is -2.13. The van der Waals surface area contributed by atoms with Crippen LogP contribution in [0.4, 0.5) is 0 Å². The molecule has 1 unspecified atom stereocenters. The third-order valence-corrected chi connectivity index (χ3v) is 4.09. The van der Waals surface area contributed by atoms with Crippen molar-refractivity contribution in [3.05, 3.63) is 56.7 Å². The summed E-state index contributed by atoms with van der Waals surface area (Å²) in [5.41, 5.74) is 2.66. The summed E-state index contributed by atoms with van der Waals surface area (Å²) >= 11 is 5.20. The van der Waals surface area contributed by atoms with Crippen molar-refractivity contribution in [2.75, 3.05) is 0 Å². The first-order valence-electron chi connectivity index (χ1n) is 5.27. The molecule has 2 aromatic rings. The predicted octanol–water partition coefficient (Wildman–Crippen LogP) is 4.36. The molecule has 1 nitrogen and oxygen atoms in total. The van der Waals surface area contributed by atoms with Crippen molar-refractivity contribution in [1.29, 1.82) is 0 Å². The lowest BCUT2D eigenvalue weighted by Crippen LogP contribution is -2.17. The van der Waals surface area contributed by atoms with Crippen molar-refractivity contribution < 1.29 is 0 Å². The Balaban J connectivity index is 1.91. The van der Waals surface area contributed by atoms with Crippen LogP contribution in [0.15, 0.2) is 45.6 Å². The van der Waals surface area contributed by atoms with Gasteiger partial charge in [0, 0.05) is 12.6 Å². The molecule has 0 saturated heterocycles. The van der Waals surface area contributed by atoms with Gasteiger partial charge in [0.05, 0.1) is 3.79 Å². The molecule has 0 spiro atoms. The van der Waals surface area contributed by atoms with Crippen molar-refractivity contribution in [3.63, 3.8) is 0 Å². The van der Waals surface area contributed by atoms with Crippen molar-refractivity contribution in [1.82, 2.24) is 5.32 Å². The molecule has 0 radical (unpaired) electrons. The molecule has 0 aliphatic carbocycles. The quantitative estimate of drug-likeness (QED) is 0.884. The van der Waals surface area contributed by atoms with Crippen LogP contribution in [0.1, 0.15) is 24.1 Å². The molecule has 84 valence electrons. The van der Waals surface area contributed by atoms with Crippen LogP contribution in [-0.4, -0.2) is 0 Å². The fourth-order valence-corrected chi connectivity index (χ4v) is 2.78. The Bertz CT molecular complexity index is 438. The van der Waals surface area contributed by atoms with Gasteiger partial charge in [-0.1, -0.05) is 30.3 Å². The molecule has 0 amide bonds. The van der Waals surface area contributed by atoms with Gasteiger partial charge >= 0.3 is 0 Å². The first kappa shape index (κ1) is 11.8. The van der Waals surface area contributed by atoms with Gasteiger partial charge < -0.3 is 5.32 Å². The third-order valence-electron chi connectivity index (χ3n) is 2.53. The summed E-state index contributed by atoms with van der Waals surface area (Å²) in [7, 11) is 0. The van der Waals surface area contributed by atoms with Crippen LogP contribution in [0, 0.1) is 0 Å². The first-order chi connectivity index (χ1) is 7.75. The molecule has 2 rings (SSSR count). The van der Waals surface area contributed by atoms with Gasteiger partial charge in [-0.3, -0.25) is 0 Å². The highest BCUT2D eigenvalue weighted by molar-refractivity contribution is 9.11. The molecule has 0 fully saturated rings. The van der Waals surface area contributed by atoms with E-state index < -0.39 is 0 Å². The van der Waals surface area contributed by atoms with E-state index in [0.717, 1.165) is 6.54 Å². The van der Waals surface area contributed by atoms with Crippen LogP contribution in [-0.2, 0) is 6.54 Å². The molecule has 1 atom stereocenters. The maximum atomic E-state index is 3.51. The summed E-state index contributed by atoms with van der Waals surface area (Å²) in [5, 5.41) is 5.69. The molecular formula is C13H14BrNS. The molecule has 1 aromatic heterocycles. The summed E-state index contributed by atoms with van der Waals surface area (Å²) in [4.78, 5) is 0. The van der Waals surface area contributed by atoms with Crippen molar-refractivity contribution in [2.45, 2.75) is 19.5 Å². The standard InChI is InChI=1S/C13H14BrNS/c1-10(12-5-3-2-4-6-12)15-8-11-7-13(14)16-9-11/h2-7,9-10,15H,8H2,1H3. The van der Waals surface area contributed by atoms with Gasteiger partial charge in [-0.15, -0.1) is 11.3 Å². The fraction of sp³-hybridized carbons (Fsp3) is 0.231. The zero-order valence-electron chi connectivity index (χ0n) is 9.11. The van der Waals surface area contributed by atoms with Gasteiger partial charge in [0.2, 0.25) is 0 Å². The van der Waals surface area contributed by atoms with Gasteiger partial charge in [0.1, 0.15) is 0 Å². The lowest BCUT2D eigenvalue weighted by atomic mass is 10.1. The average Bonchev–Trinajstić information content (AvgIpc) is 2.73. The highest BCUT2D eigenvalue weighted by atomic mass is 79.9. The molecule has 1 N–H and O–H groups in total. The van der Waals surface area contributed by atoms with E-state index in [9.17, 15) is 0 Å². The summed E-state index contributed by atoms with van der Waals surface area (Å²) in [6, 6.07) is 13.1. The molecule has 0 saturated carbocycles. The summed E-state index contributed by atoms with van der Waals surface area (Å²) in [6.07, 6.45) is 0. The van der Waals surface area contributed by atoms with Crippen LogP contribution in [0.2, 0.25) is 0 Å². The molecule has 16 heavy (non-hydrogen) atoms. The van der Waals surface area contributed by atoms with Crippen LogP contribution >= 0.6 is 27.3 Å². The normalized spacial score (nSPS) is 12.6. The average molecular weight is 296 g/mol. The largest absolute Gasteiger partial charge is 0.306 e. The van der Waals surface area contributed by atoms with Crippen molar-refractivity contribution in [3.8, 4) is 0 Å². The van der Waals surface area contributed by atoms with Crippen LogP contribution in [0.25, 0.3) is 0 Å². The van der Waals surface area contributed by atoms with E-state index in [0.29, 0.717) is 6.04 Å². The SMILES string of the molecule is CC(NCc1csc(Br)c1)c1ccccc1. The number of hydrogen-bond acceptors (Lipinski definition) is 2. The molecule has 1 heterocycles. The Hall–Kier alpha value is -0.640. The minimum atomic E-state index is 0.389. The van der Waals surface area contributed by atoms with E-state index in [-0.39, 0.29) is 0 Å². The summed E-state index contributed by atoms with van der Waals surface area (Å²) in [6.45, 7) is 3.11. The summed E-state index contributed by atoms with van der Waals surface area (Å²) in [5.74, 6) is 0. The Labute approximate surface area is 109 Å². The maximum absolute atomic E-state index is 3.51. The number of nitrogens with one attached hydrogen (secondary N) is 1. The minimum Gasteiger partial charge on any atom is -0.306 e. The second-order valence-electron chi connectivity index (χ2n) is 3.77. The van der Waals surface area contributed by atoms with Crippen molar-refractivity contribution in [2.24, 2.45) is 0 Å². The zero-order valence-corrected chi connectivity index (χ0v) is 11.5. The Kier molecular flexibility index (Phi) is 4.16. The Morgan fingerprint density at radius 2 is 2.06 bits per heavy atom. The highest BCUT2D eigenvalue weighted by Gasteiger charge is 2.04. The van der Waals surface area contributed by atoms with E-state index in [4.69, 9.17) is 0 Å². The van der Waals surface area contributed by atoms with Crippen LogP contribution < -0.4 is 5.32 Å². The number of benzene rings is 1. The van der Waals surface area contributed by atoms with Crippen molar-refractivity contribution >= 4 is 27.3 Å². The Morgan fingerprint density at radius 1 is 1.31 bits per heavy atom. The minimum absolute atomic E-state index is 0.389. The summed E-state index contributed by atoms with van der Waals surface area (Å²) < 4.78 is 1.19. The molecule has 0 bridgehead atoms. The second-order valence-corrected chi connectivity index (χ2v) is 6.06. The topological polar surface area (TPSA) is 12.0 Å². The van der Waals surface area contributed by atoms with E-state index >= 15 is 0 Å². The van der Waals surface area contributed by atoms with Crippen LogP contribution in [0.3, 0.4) is 0 Å². The smallest absolute Gasteiger partial charge is 0.0701 e. The fourth-order valence-electron chi connectivity index (χ4n) is 1.57.